The fraction of sp³-hybridized carbons (Fsp3) is 0.158. The first-order valence-corrected chi connectivity index (χ1v) is 7.88. The Kier molecular flexibility index (Phi) is 4.67. The number of carbonyl (C=O) groups is 1. The lowest BCUT2D eigenvalue weighted by Gasteiger charge is -2.12. The van der Waals surface area contributed by atoms with E-state index in [-0.39, 0.29) is 12.5 Å². The summed E-state index contributed by atoms with van der Waals surface area (Å²) in [6.45, 7) is 0.0242. The number of hydrogen-bond acceptors (Lipinski definition) is 3. The molecule has 3 aromatic rings. The summed E-state index contributed by atoms with van der Waals surface area (Å²) in [5.41, 5.74) is 1.98. The van der Waals surface area contributed by atoms with E-state index in [2.05, 4.69) is 11.1 Å². The van der Waals surface area contributed by atoms with Crippen molar-refractivity contribution in [3.63, 3.8) is 0 Å². The van der Waals surface area contributed by atoms with Gasteiger partial charge in [-0.3, -0.25) is 9.78 Å². The lowest BCUT2D eigenvalue weighted by molar-refractivity contribution is -0.130. The lowest BCUT2D eigenvalue weighted by Crippen LogP contribution is -2.27. The molecule has 0 saturated carbocycles. The summed E-state index contributed by atoms with van der Waals surface area (Å²) in [5, 5.41) is 2.73. The van der Waals surface area contributed by atoms with Crippen molar-refractivity contribution in [2.75, 3.05) is 20.7 Å². The fourth-order valence-electron chi connectivity index (χ4n) is 2.34. The summed E-state index contributed by atoms with van der Waals surface area (Å²) < 4.78 is 5.58. The van der Waals surface area contributed by atoms with Gasteiger partial charge in [-0.05, 0) is 40.6 Å². The number of carbonyl (C=O) groups excluding carboxylic acids is 1. The molecule has 0 unspecified atom stereocenters. The molecule has 0 spiro atoms. The smallest absolute Gasteiger partial charge is 0.259 e. The topological polar surface area (TPSA) is 42.4 Å². The summed E-state index contributed by atoms with van der Waals surface area (Å²) >= 11 is 6.02. The summed E-state index contributed by atoms with van der Waals surface area (Å²) in [6.07, 6.45) is 3.39. The highest BCUT2D eigenvalue weighted by Crippen LogP contribution is 2.28. The highest BCUT2D eigenvalue weighted by atomic mass is 35.5. The third-order valence-electron chi connectivity index (χ3n) is 3.71. The van der Waals surface area contributed by atoms with E-state index in [9.17, 15) is 4.79 Å². The Hall–Kier alpha value is -2.59. The van der Waals surface area contributed by atoms with Gasteiger partial charge in [-0.1, -0.05) is 29.8 Å². The molecule has 0 aliphatic rings. The molecule has 0 fully saturated rings. The second kappa shape index (κ2) is 6.89. The fourth-order valence-corrected chi connectivity index (χ4v) is 2.51. The number of fused-ring (bicyclic) bond motifs is 1. The second-order valence-electron chi connectivity index (χ2n) is 5.69. The first-order chi connectivity index (χ1) is 11.5. The van der Waals surface area contributed by atoms with Gasteiger partial charge in [0.1, 0.15) is 5.75 Å². The summed E-state index contributed by atoms with van der Waals surface area (Å²) in [6, 6.07) is 13.8. The molecule has 1 amide bonds. The SMILES string of the molecule is CN(C)C(=O)COc1ccc2ccc(-c3cncc(Cl)c3)cc2c1. The van der Waals surface area contributed by atoms with Crippen LogP contribution in [0.5, 0.6) is 5.75 Å². The van der Waals surface area contributed by atoms with E-state index >= 15 is 0 Å². The summed E-state index contributed by atoms with van der Waals surface area (Å²) in [4.78, 5) is 17.3. The van der Waals surface area contributed by atoms with E-state index in [1.54, 1.807) is 26.5 Å². The van der Waals surface area contributed by atoms with E-state index < -0.39 is 0 Å². The van der Waals surface area contributed by atoms with Crippen LogP contribution in [-0.4, -0.2) is 36.5 Å². The van der Waals surface area contributed by atoms with E-state index in [0.717, 1.165) is 21.9 Å². The molecule has 0 N–H and O–H groups in total. The average molecular weight is 341 g/mol. The molecule has 1 heterocycles. The molecule has 2 aromatic carbocycles. The average Bonchev–Trinajstić information content (AvgIpc) is 2.58. The Labute approximate surface area is 145 Å². The number of amides is 1. The van der Waals surface area contributed by atoms with Crippen LogP contribution < -0.4 is 4.74 Å². The molecule has 122 valence electrons. The highest BCUT2D eigenvalue weighted by molar-refractivity contribution is 6.30. The number of hydrogen-bond donors (Lipinski definition) is 0. The van der Waals surface area contributed by atoms with Crippen LogP contribution in [0.1, 0.15) is 0 Å². The molecule has 3 rings (SSSR count). The largest absolute Gasteiger partial charge is 0.484 e. The third kappa shape index (κ3) is 3.66. The number of likely N-dealkylation sites (N-methyl/N-ethyl adjacent to an activating group) is 1. The van der Waals surface area contributed by atoms with Gasteiger partial charge < -0.3 is 9.64 Å². The van der Waals surface area contributed by atoms with Crippen LogP contribution in [0.2, 0.25) is 5.02 Å². The van der Waals surface area contributed by atoms with Gasteiger partial charge in [-0.15, -0.1) is 0 Å². The molecular formula is C19H17ClN2O2. The summed E-state index contributed by atoms with van der Waals surface area (Å²) in [5.74, 6) is 0.591. The molecule has 0 radical (unpaired) electrons. The number of ether oxygens (including phenoxy) is 1. The van der Waals surface area contributed by atoms with E-state index in [1.807, 2.05) is 36.4 Å². The molecule has 0 aliphatic carbocycles. The van der Waals surface area contributed by atoms with Crippen LogP contribution in [0.3, 0.4) is 0 Å². The minimum atomic E-state index is -0.0751. The molecule has 0 atom stereocenters. The van der Waals surface area contributed by atoms with Crippen LogP contribution in [-0.2, 0) is 4.79 Å². The van der Waals surface area contributed by atoms with Crippen molar-refractivity contribution in [1.82, 2.24) is 9.88 Å². The highest BCUT2D eigenvalue weighted by Gasteiger charge is 2.06. The maximum Gasteiger partial charge on any atom is 0.259 e. The lowest BCUT2D eigenvalue weighted by atomic mass is 10.0. The van der Waals surface area contributed by atoms with Crippen molar-refractivity contribution < 1.29 is 9.53 Å². The van der Waals surface area contributed by atoms with Gasteiger partial charge in [-0.25, -0.2) is 0 Å². The molecule has 5 heteroatoms. The van der Waals surface area contributed by atoms with Gasteiger partial charge >= 0.3 is 0 Å². The Bertz CT molecular complexity index is 893. The first-order valence-electron chi connectivity index (χ1n) is 7.50. The van der Waals surface area contributed by atoms with Gasteiger partial charge in [-0.2, -0.15) is 0 Å². The maximum atomic E-state index is 11.6. The Balaban J connectivity index is 1.89. The van der Waals surface area contributed by atoms with Crippen molar-refractivity contribution in [3.8, 4) is 16.9 Å². The Morgan fingerprint density at radius 1 is 1.04 bits per heavy atom. The number of halogens is 1. The minimum Gasteiger partial charge on any atom is -0.484 e. The zero-order valence-corrected chi connectivity index (χ0v) is 14.2. The third-order valence-corrected chi connectivity index (χ3v) is 3.92. The van der Waals surface area contributed by atoms with Gasteiger partial charge in [0.05, 0.1) is 5.02 Å². The predicted octanol–water partition coefficient (Wildman–Crippen LogP) is 4.02. The van der Waals surface area contributed by atoms with Crippen LogP contribution in [0.25, 0.3) is 21.9 Å². The Morgan fingerprint density at radius 3 is 2.58 bits per heavy atom. The van der Waals surface area contributed by atoms with Crippen LogP contribution >= 0.6 is 11.6 Å². The van der Waals surface area contributed by atoms with Crippen LogP contribution in [0.15, 0.2) is 54.9 Å². The quantitative estimate of drug-likeness (QED) is 0.720. The van der Waals surface area contributed by atoms with Gasteiger partial charge in [0.25, 0.3) is 5.91 Å². The van der Waals surface area contributed by atoms with Crippen LogP contribution in [0.4, 0.5) is 0 Å². The number of rotatable bonds is 4. The predicted molar refractivity (Wildman–Crippen MR) is 96.4 cm³/mol. The molecule has 4 nitrogen and oxygen atoms in total. The van der Waals surface area contributed by atoms with Crippen LogP contribution in [0, 0.1) is 0 Å². The molecule has 0 saturated heterocycles. The maximum absolute atomic E-state index is 11.6. The Morgan fingerprint density at radius 2 is 1.83 bits per heavy atom. The van der Waals surface area contributed by atoms with Crippen molar-refractivity contribution in [3.05, 3.63) is 59.9 Å². The molecule has 1 aromatic heterocycles. The zero-order valence-electron chi connectivity index (χ0n) is 13.5. The second-order valence-corrected chi connectivity index (χ2v) is 6.13. The number of aromatic nitrogens is 1. The minimum absolute atomic E-state index is 0.0242. The molecule has 0 bridgehead atoms. The number of pyridine rings is 1. The van der Waals surface area contributed by atoms with Gasteiger partial charge in [0.15, 0.2) is 6.61 Å². The van der Waals surface area contributed by atoms with E-state index in [0.29, 0.717) is 10.8 Å². The van der Waals surface area contributed by atoms with Crippen molar-refractivity contribution >= 4 is 28.3 Å². The molecular weight excluding hydrogens is 324 g/mol. The molecule has 24 heavy (non-hydrogen) atoms. The van der Waals surface area contributed by atoms with E-state index in [4.69, 9.17) is 16.3 Å². The zero-order chi connectivity index (χ0) is 17.1. The normalized spacial score (nSPS) is 10.6. The number of benzene rings is 2. The first kappa shape index (κ1) is 16.3. The van der Waals surface area contributed by atoms with Gasteiger partial charge in [0.2, 0.25) is 0 Å². The van der Waals surface area contributed by atoms with Crippen molar-refractivity contribution in [1.29, 1.82) is 0 Å². The number of nitrogens with zero attached hydrogens (tertiary/aromatic N) is 2. The molecule has 0 aliphatic heterocycles. The van der Waals surface area contributed by atoms with Crippen molar-refractivity contribution in [2.45, 2.75) is 0 Å². The summed E-state index contributed by atoms with van der Waals surface area (Å²) in [7, 11) is 3.41. The van der Waals surface area contributed by atoms with E-state index in [1.165, 1.54) is 4.90 Å². The van der Waals surface area contributed by atoms with Crippen molar-refractivity contribution in [2.24, 2.45) is 0 Å². The monoisotopic (exact) mass is 340 g/mol. The standard InChI is InChI=1S/C19H17ClN2O2/c1-22(2)19(23)12-24-18-6-5-13-3-4-14(7-15(13)9-18)16-8-17(20)11-21-10-16/h3-11H,12H2,1-2H3. The van der Waals surface area contributed by atoms with Gasteiger partial charge in [0, 0.05) is 32.1 Å².